The van der Waals surface area contributed by atoms with Crippen molar-refractivity contribution >= 4 is 28.1 Å². The third-order valence-electron chi connectivity index (χ3n) is 9.06. The first-order chi connectivity index (χ1) is 25.8. The van der Waals surface area contributed by atoms with Crippen LogP contribution < -0.4 is 4.90 Å². The molecule has 246 valence electrons. The number of fused-ring (bicyclic) bond motifs is 1. The first kappa shape index (κ1) is 30.8. The van der Waals surface area contributed by atoms with E-state index in [1.54, 1.807) is 0 Å². The van der Waals surface area contributed by atoms with Crippen molar-refractivity contribution in [1.29, 1.82) is 0 Å². The van der Waals surface area contributed by atoms with Crippen molar-refractivity contribution in [2.24, 2.45) is 0 Å². The summed E-state index contributed by atoms with van der Waals surface area (Å²) in [5.74, 6) is 0.960. The van der Waals surface area contributed by atoms with Gasteiger partial charge in [-0.3, -0.25) is 0 Å². The van der Waals surface area contributed by atoms with Gasteiger partial charge in [-0.25, -0.2) is 9.97 Å². The quantitative estimate of drug-likeness (QED) is 0.160. The largest absolute Gasteiger partial charge is 0.416 e. The lowest BCUT2D eigenvalue weighted by Gasteiger charge is -2.28. The lowest BCUT2D eigenvalue weighted by atomic mass is 10.0. The number of rotatable bonds is 8. The molecule has 0 aliphatic heterocycles. The minimum atomic E-state index is 0.469. The molecule has 9 rings (SSSR count). The number of hydrogen-bond donors (Lipinski definition) is 0. The second kappa shape index (κ2) is 13.6. The fourth-order valence-corrected chi connectivity index (χ4v) is 6.52. The van der Waals surface area contributed by atoms with E-state index in [1.165, 1.54) is 0 Å². The monoisotopic (exact) mass is 669 g/mol. The lowest BCUT2D eigenvalue weighted by Crippen LogP contribution is -2.11. The Hall–Kier alpha value is -7.18. The summed E-state index contributed by atoms with van der Waals surface area (Å²) in [5, 5.41) is 8.65. The van der Waals surface area contributed by atoms with Crippen molar-refractivity contribution in [2.75, 3.05) is 4.90 Å². The third kappa shape index (κ3) is 5.99. The van der Waals surface area contributed by atoms with Gasteiger partial charge >= 0.3 is 0 Å². The van der Waals surface area contributed by atoms with E-state index in [-0.39, 0.29) is 0 Å². The molecule has 0 saturated heterocycles. The molecule has 0 spiro atoms. The van der Waals surface area contributed by atoms with Gasteiger partial charge in [0.1, 0.15) is 0 Å². The Bertz CT molecular complexity index is 2600. The molecule has 0 N–H and O–H groups in total. The average Bonchev–Trinajstić information content (AvgIpc) is 3.73. The standard InChI is InChI=1S/C46H31N5O/c1-4-14-32(15-5-1)39-20-10-13-23-42(39)51(38-30-26-36(27-31-38)46-50-49-45(52-46)35-18-8-3-9-19-35)37-28-24-34(25-29-37)44-43(33-16-6-2-7-17-33)47-40-21-11-12-22-41(40)48-44/h1-31H. The summed E-state index contributed by atoms with van der Waals surface area (Å²) in [4.78, 5) is 12.5. The van der Waals surface area contributed by atoms with Gasteiger partial charge in [-0.1, -0.05) is 121 Å². The fraction of sp³-hybridized carbons (Fsp3) is 0. The Morgan fingerprint density at radius 3 is 1.31 bits per heavy atom. The summed E-state index contributed by atoms with van der Waals surface area (Å²) < 4.78 is 6.08. The topological polar surface area (TPSA) is 67.9 Å². The zero-order valence-electron chi connectivity index (χ0n) is 28.0. The minimum absolute atomic E-state index is 0.469. The molecule has 7 aromatic carbocycles. The van der Waals surface area contributed by atoms with Gasteiger partial charge in [0.15, 0.2) is 0 Å². The summed E-state index contributed by atoms with van der Waals surface area (Å²) in [5.41, 5.74) is 12.4. The number of anilines is 3. The van der Waals surface area contributed by atoms with Crippen LogP contribution in [0.5, 0.6) is 0 Å². The van der Waals surface area contributed by atoms with Gasteiger partial charge in [0, 0.05) is 39.2 Å². The maximum Gasteiger partial charge on any atom is 0.248 e. The van der Waals surface area contributed by atoms with E-state index in [4.69, 9.17) is 14.4 Å². The molecule has 0 radical (unpaired) electrons. The molecule has 0 aliphatic carbocycles. The van der Waals surface area contributed by atoms with Crippen molar-refractivity contribution < 1.29 is 4.42 Å². The third-order valence-corrected chi connectivity index (χ3v) is 9.06. The summed E-state index contributed by atoms with van der Waals surface area (Å²) in [6.07, 6.45) is 0. The number of nitrogens with zero attached hydrogens (tertiary/aromatic N) is 5. The van der Waals surface area contributed by atoms with Crippen LogP contribution in [-0.4, -0.2) is 20.2 Å². The molecule has 0 amide bonds. The van der Waals surface area contributed by atoms with Gasteiger partial charge in [0.05, 0.1) is 28.1 Å². The van der Waals surface area contributed by atoms with E-state index in [0.717, 1.165) is 72.9 Å². The molecule has 0 atom stereocenters. The Kier molecular flexibility index (Phi) is 8.08. The molecule has 2 heterocycles. The first-order valence-electron chi connectivity index (χ1n) is 17.2. The molecule has 52 heavy (non-hydrogen) atoms. The maximum atomic E-state index is 6.08. The minimum Gasteiger partial charge on any atom is -0.416 e. The van der Waals surface area contributed by atoms with Crippen LogP contribution in [0.1, 0.15) is 0 Å². The zero-order chi connectivity index (χ0) is 34.7. The number of hydrogen-bond acceptors (Lipinski definition) is 6. The van der Waals surface area contributed by atoms with Gasteiger partial charge in [-0.15, -0.1) is 10.2 Å². The highest BCUT2D eigenvalue weighted by atomic mass is 16.4. The van der Waals surface area contributed by atoms with E-state index >= 15 is 0 Å². The van der Waals surface area contributed by atoms with Crippen LogP contribution in [0.15, 0.2) is 192 Å². The van der Waals surface area contributed by atoms with Gasteiger partial charge < -0.3 is 9.32 Å². The van der Waals surface area contributed by atoms with Gasteiger partial charge in [-0.2, -0.15) is 0 Å². The molecule has 2 aromatic heterocycles. The molecule has 6 nitrogen and oxygen atoms in total. The number of benzene rings is 7. The molecule has 0 bridgehead atoms. The van der Waals surface area contributed by atoms with E-state index in [9.17, 15) is 0 Å². The van der Waals surface area contributed by atoms with Crippen LogP contribution in [0.4, 0.5) is 17.1 Å². The Morgan fingerprint density at radius 2 is 0.750 bits per heavy atom. The summed E-state index contributed by atoms with van der Waals surface area (Å²) in [7, 11) is 0. The Morgan fingerprint density at radius 1 is 0.346 bits per heavy atom. The SMILES string of the molecule is c1ccc(-c2nnc(-c3ccc(N(c4ccc(-c5nc6ccccc6nc5-c5ccccc5)cc4)c4ccccc4-c4ccccc4)cc3)o2)cc1. The van der Waals surface area contributed by atoms with Crippen molar-refractivity contribution in [2.45, 2.75) is 0 Å². The molecule has 0 fully saturated rings. The maximum absolute atomic E-state index is 6.08. The Balaban J connectivity index is 1.14. The normalized spacial score (nSPS) is 11.1. The Labute approximate surface area is 301 Å². The average molecular weight is 670 g/mol. The summed E-state index contributed by atoms with van der Waals surface area (Å²) in [6, 6.07) is 63.9. The first-order valence-corrected chi connectivity index (χ1v) is 17.2. The van der Waals surface area contributed by atoms with Crippen LogP contribution in [0.2, 0.25) is 0 Å². The van der Waals surface area contributed by atoms with E-state index < -0.39 is 0 Å². The highest BCUT2D eigenvalue weighted by Gasteiger charge is 2.19. The van der Waals surface area contributed by atoms with Crippen molar-refractivity contribution in [3.05, 3.63) is 188 Å². The van der Waals surface area contributed by atoms with Gasteiger partial charge in [0.25, 0.3) is 0 Å². The highest BCUT2D eigenvalue weighted by Crippen LogP contribution is 2.42. The lowest BCUT2D eigenvalue weighted by molar-refractivity contribution is 0.584. The smallest absolute Gasteiger partial charge is 0.248 e. The van der Waals surface area contributed by atoms with Crippen molar-refractivity contribution in [3.63, 3.8) is 0 Å². The van der Waals surface area contributed by atoms with E-state index in [0.29, 0.717) is 11.8 Å². The molecular formula is C46H31N5O. The molecule has 9 aromatic rings. The second-order valence-electron chi connectivity index (χ2n) is 12.4. The van der Waals surface area contributed by atoms with Crippen LogP contribution in [0.3, 0.4) is 0 Å². The molecular weight excluding hydrogens is 639 g/mol. The molecule has 6 heteroatoms. The number of para-hydroxylation sites is 3. The zero-order valence-corrected chi connectivity index (χ0v) is 28.0. The predicted octanol–water partition coefficient (Wildman–Crippen LogP) is 11.8. The predicted molar refractivity (Wildman–Crippen MR) is 209 cm³/mol. The molecule has 0 saturated carbocycles. The van der Waals surface area contributed by atoms with Crippen LogP contribution in [-0.2, 0) is 0 Å². The van der Waals surface area contributed by atoms with E-state index in [1.807, 2.05) is 91.0 Å². The summed E-state index contributed by atoms with van der Waals surface area (Å²) in [6.45, 7) is 0. The summed E-state index contributed by atoms with van der Waals surface area (Å²) >= 11 is 0. The van der Waals surface area contributed by atoms with Crippen LogP contribution >= 0.6 is 0 Å². The highest BCUT2D eigenvalue weighted by molar-refractivity contribution is 5.90. The molecule has 0 unspecified atom stereocenters. The van der Waals surface area contributed by atoms with E-state index in [2.05, 4.69) is 112 Å². The van der Waals surface area contributed by atoms with Crippen molar-refractivity contribution in [3.8, 4) is 56.6 Å². The van der Waals surface area contributed by atoms with Crippen LogP contribution in [0.25, 0.3) is 67.6 Å². The van der Waals surface area contributed by atoms with Crippen molar-refractivity contribution in [1.82, 2.24) is 20.2 Å². The second-order valence-corrected chi connectivity index (χ2v) is 12.4. The fourth-order valence-electron chi connectivity index (χ4n) is 6.52. The number of aromatic nitrogens is 4. The van der Waals surface area contributed by atoms with Crippen LogP contribution in [0, 0.1) is 0 Å². The molecule has 0 aliphatic rings. The van der Waals surface area contributed by atoms with Gasteiger partial charge in [0.2, 0.25) is 11.8 Å². The van der Waals surface area contributed by atoms with Gasteiger partial charge in [-0.05, 0) is 72.3 Å².